The molecule has 25 heavy (non-hydrogen) atoms. The van der Waals surface area contributed by atoms with Gasteiger partial charge in [0.1, 0.15) is 18.8 Å². The van der Waals surface area contributed by atoms with Gasteiger partial charge in [-0.15, -0.1) is 0 Å². The fourth-order valence-corrected chi connectivity index (χ4v) is 3.02. The number of hydrogen-bond acceptors (Lipinski definition) is 5. The van der Waals surface area contributed by atoms with Gasteiger partial charge in [0.05, 0.1) is 17.8 Å². The molecule has 1 aromatic carbocycles. The second kappa shape index (κ2) is 6.16. The average molecular weight is 337 g/mol. The van der Waals surface area contributed by atoms with E-state index in [2.05, 4.69) is 15.2 Å². The quantitative estimate of drug-likeness (QED) is 0.668. The number of aryl methyl sites for hydroxylation is 1. The third-order valence-corrected chi connectivity index (χ3v) is 4.58. The van der Waals surface area contributed by atoms with Crippen molar-refractivity contribution in [2.75, 3.05) is 0 Å². The fraction of sp³-hybridized carbons (Fsp3) is 0.333. The summed E-state index contributed by atoms with van der Waals surface area (Å²) in [6, 6.07) is 7.76. The molecule has 1 saturated carbocycles. The predicted molar refractivity (Wildman–Crippen MR) is 89.9 cm³/mol. The Morgan fingerprint density at radius 1 is 1.28 bits per heavy atom. The summed E-state index contributed by atoms with van der Waals surface area (Å²) >= 11 is 0. The standard InChI is InChI=1S/C18H19N5O2/c1-12(13-3-5-15(6-4-13)23-11-19-10-21-23)25-18(24)17-7-16(17)14-8-20-22(2)9-14/h3-6,8-12,16-17H,7H2,1-2H3/t12-,16-,17-/m0/s1. The zero-order valence-corrected chi connectivity index (χ0v) is 14.1. The fourth-order valence-electron chi connectivity index (χ4n) is 3.02. The van der Waals surface area contributed by atoms with Crippen LogP contribution in [0.15, 0.2) is 49.3 Å². The lowest BCUT2D eigenvalue weighted by Gasteiger charge is -2.14. The van der Waals surface area contributed by atoms with E-state index in [1.54, 1.807) is 15.7 Å². The molecule has 128 valence electrons. The number of rotatable bonds is 5. The highest BCUT2D eigenvalue weighted by Crippen LogP contribution is 2.48. The molecule has 3 aromatic rings. The highest BCUT2D eigenvalue weighted by atomic mass is 16.5. The van der Waals surface area contributed by atoms with Crippen LogP contribution in [0.4, 0.5) is 0 Å². The Morgan fingerprint density at radius 3 is 2.72 bits per heavy atom. The molecule has 0 radical (unpaired) electrons. The number of esters is 1. The molecule has 0 saturated heterocycles. The van der Waals surface area contributed by atoms with Gasteiger partial charge in [0, 0.05) is 19.2 Å². The van der Waals surface area contributed by atoms with Crippen LogP contribution in [0.25, 0.3) is 5.69 Å². The van der Waals surface area contributed by atoms with Crippen molar-refractivity contribution in [3.8, 4) is 5.69 Å². The molecule has 7 heteroatoms. The Kier molecular flexibility index (Phi) is 3.83. The minimum atomic E-state index is -0.285. The van der Waals surface area contributed by atoms with Gasteiger partial charge in [0.25, 0.3) is 0 Å². The molecule has 1 aliphatic rings. The molecular weight excluding hydrogens is 318 g/mol. The highest BCUT2D eigenvalue weighted by Gasteiger charge is 2.46. The Bertz CT molecular complexity index is 869. The largest absolute Gasteiger partial charge is 0.458 e. The van der Waals surface area contributed by atoms with Crippen LogP contribution in [-0.2, 0) is 16.6 Å². The zero-order valence-electron chi connectivity index (χ0n) is 14.1. The van der Waals surface area contributed by atoms with Gasteiger partial charge in [-0.3, -0.25) is 9.48 Å². The summed E-state index contributed by atoms with van der Waals surface area (Å²) in [6.45, 7) is 1.89. The molecule has 0 amide bonds. The first kappa shape index (κ1) is 15.6. The van der Waals surface area contributed by atoms with Crippen LogP contribution in [0.1, 0.15) is 36.5 Å². The van der Waals surface area contributed by atoms with E-state index in [-0.39, 0.29) is 23.9 Å². The second-order valence-corrected chi connectivity index (χ2v) is 6.41. The Morgan fingerprint density at radius 2 is 2.08 bits per heavy atom. The van der Waals surface area contributed by atoms with Crippen molar-refractivity contribution in [3.63, 3.8) is 0 Å². The smallest absolute Gasteiger partial charge is 0.310 e. The summed E-state index contributed by atoms with van der Waals surface area (Å²) in [7, 11) is 1.88. The van der Waals surface area contributed by atoms with Crippen LogP contribution >= 0.6 is 0 Å². The van der Waals surface area contributed by atoms with E-state index in [0.29, 0.717) is 0 Å². The van der Waals surface area contributed by atoms with Gasteiger partial charge in [-0.25, -0.2) is 9.67 Å². The summed E-state index contributed by atoms with van der Waals surface area (Å²) in [4.78, 5) is 16.3. The second-order valence-electron chi connectivity index (χ2n) is 6.41. The van der Waals surface area contributed by atoms with Crippen LogP contribution in [-0.4, -0.2) is 30.5 Å². The van der Waals surface area contributed by atoms with E-state index in [4.69, 9.17) is 4.74 Å². The van der Waals surface area contributed by atoms with Crippen molar-refractivity contribution >= 4 is 5.97 Å². The summed E-state index contributed by atoms with van der Waals surface area (Å²) in [5.74, 6) is 0.0471. The zero-order chi connectivity index (χ0) is 17.4. The van der Waals surface area contributed by atoms with Crippen LogP contribution in [0.5, 0.6) is 0 Å². The summed E-state index contributed by atoms with van der Waals surface area (Å²) in [5.41, 5.74) is 2.98. The molecule has 0 spiro atoms. The minimum Gasteiger partial charge on any atom is -0.458 e. The topological polar surface area (TPSA) is 74.8 Å². The van der Waals surface area contributed by atoms with E-state index in [1.165, 1.54) is 6.33 Å². The van der Waals surface area contributed by atoms with Crippen LogP contribution in [0.3, 0.4) is 0 Å². The van der Waals surface area contributed by atoms with Crippen LogP contribution in [0, 0.1) is 5.92 Å². The van der Waals surface area contributed by atoms with Crippen molar-refractivity contribution < 1.29 is 9.53 Å². The lowest BCUT2D eigenvalue weighted by molar-refractivity contribution is -0.150. The maximum atomic E-state index is 12.4. The van der Waals surface area contributed by atoms with E-state index >= 15 is 0 Å². The van der Waals surface area contributed by atoms with Gasteiger partial charge in [0.15, 0.2) is 0 Å². The Hall–Kier alpha value is -2.96. The lowest BCUT2D eigenvalue weighted by atomic mass is 10.1. The molecule has 0 N–H and O–H groups in total. The van der Waals surface area contributed by atoms with Crippen LogP contribution in [0.2, 0.25) is 0 Å². The van der Waals surface area contributed by atoms with E-state index < -0.39 is 0 Å². The van der Waals surface area contributed by atoms with Crippen molar-refractivity contribution in [3.05, 3.63) is 60.4 Å². The molecule has 3 atom stereocenters. The summed E-state index contributed by atoms with van der Waals surface area (Å²) in [5, 5.41) is 8.26. The predicted octanol–water partition coefficient (Wildman–Crippen LogP) is 2.41. The molecule has 4 rings (SSSR count). The van der Waals surface area contributed by atoms with Crippen LogP contribution < -0.4 is 0 Å². The van der Waals surface area contributed by atoms with Gasteiger partial charge >= 0.3 is 5.97 Å². The third-order valence-electron chi connectivity index (χ3n) is 4.58. The number of hydrogen-bond donors (Lipinski definition) is 0. The monoisotopic (exact) mass is 337 g/mol. The number of nitrogens with zero attached hydrogens (tertiary/aromatic N) is 5. The number of ether oxygens (including phenoxy) is 1. The molecule has 2 heterocycles. The normalized spacial score (nSPS) is 20.2. The van der Waals surface area contributed by atoms with E-state index in [1.807, 2.05) is 50.6 Å². The van der Waals surface area contributed by atoms with E-state index in [9.17, 15) is 4.79 Å². The van der Waals surface area contributed by atoms with Crippen molar-refractivity contribution in [2.24, 2.45) is 13.0 Å². The molecule has 1 fully saturated rings. The Labute approximate surface area is 145 Å². The molecule has 7 nitrogen and oxygen atoms in total. The van der Waals surface area contributed by atoms with Gasteiger partial charge in [0.2, 0.25) is 0 Å². The number of carbonyl (C=O) groups is 1. The lowest BCUT2D eigenvalue weighted by Crippen LogP contribution is -2.11. The van der Waals surface area contributed by atoms with Crippen molar-refractivity contribution in [1.29, 1.82) is 0 Å². The maximum absolute atomic E-state index is 12.4. The maximum Gasteiger partial charge on any atom is 0.310 e. The summed E-state index contributed by atoms with van der Waals surface area (Å²) in [6.07, 6.45) is 7.47. The number of carbonyl (C=O) groups excluding carboxylic acids is 1. The number of aromatic nitrogens is 5. The molecule has 1 aliphatic carbocycles. The van der Waals surface area contributed by atoms with E-state index in [0.717, 1.165) is 23.2 Å². The first-order valence-corrected chi connectivity index (χ1v) is 8.26. The minimum absolute atomic E-state index is 0.0546. The average Bonchev–Trinajstić information content (AvgIpc) is 3.02. The molecule has 2 aromatic heterocycles. The van der Waals surface area contributed by atoms with Gasteiger partial charge < -0.3 is 4.74 Å². The highest BCUT2D eigenvalue weighted by molar-refractivity contribution is 5.77. The SMILES string of the molecule is C[C@H](OC(=O)[C@H]1C[C@H]1c1cnn(C)c1)c1ccc(-n2cncn2)cc1. The van der Waals surface area contributed by atoms with Gasteiger partial charge in [-0.2, -0.15) is 10.2 Å². The number of benzene rings is 1. The van der Waals surface area contributed by atoms with Gasteiger partial charge in [-0.1, -0.05) is 12.1 Å². The third kappa shape index (κ3) is 3.17. The molecular formula is C18H19N5O2. The molecule has 0 aliphatic heterocycles. The summed E-state index contributed by atoms with van der Waals surface area (Å²) < 4.78 is 9.09. The molecule has 0 bridgehead atoms. The molecule has 0 unspecified atom stereocenters. The van der Waals surface area contributed by atoms with Crippen molar-refractivity contribution in [2.45, 2.75) is 25.4 Å². The first-order chi connectivity index (χ1) is 12.1. The first-order valence-electron chi connectivity index (χ1n) is 8.26. The Balaban J connectivity index is 1.37. The van der Waals surface area contributed by atoms with Crippen molar-refractivity contribution in [1.82, 2.24) is 24.5 Å². The van der Waals surface area contributed by atoms with Gasteiger partial charge in [-0.05, 0) is 36.6 Å².